The second-order valence-corrected chi connectivity index (χ2v) is 9.17. The van der Waals surface area contributed by atoms with Crippen molar-refractivity contribution in [1.29, 1.82) is 0 Å². The molecule has 2 aromatic heterocycles. The van der Waals surface area contributed by atoms with Crippen molar-refractivity contribution < 1.29 is 14.3 Å². The van der Waals surface area contributed by atoms with Gasteiger partial charge in [-0.3, -0.25) is 9.78 Å². The molecule has 3 heterocycles. The molecule has 9 heteroatoms. The number of rotatable bonds is 8. The van der Waals surface area contributed by atoms with Crippen molar-refractivity contribution >= 4 is 34.6 Å². The van der Waals surface area contributed by atoms with Crippen molar-refractivity contribution in [1.82, 2.24) is 14.9 Å². The highest BCUT2D eigenvalue weighted by molar-refractivity contribution is 7.80. The lowest BCUT2D eigenvalue weighted by molar-refractivity contribution is -0.115. The number of aromatic nitrogens is 2. The van der Waals surface area contributed by atoms with Crippen LogP contribution in [0.5, 0.6) is 11.5 Å². The van der Waals surface area contributed by atoms with Crippen LogP contribution in [0.3, 0.4) is 0 Å². The summed E-state index contributed by atoms with van der Waals surface area (Å²) in [6.45, 7) is 1.81. The van der Waals surface area contributed by atoms with Gasteiger partial charge in [-0.15, -0.1) is 0 Å². The maximum Gasteiger partial charge on any atom is 0.224 e. The predicted octanol–water partition coefficient (Wildman–Crippen LogP) is 5.42. The van der Waals surface area contributed by atoms with Gasteiger partial charge in [-0.2, -0.15) is 0 Å². The number of anilines is 2. The SMILES string of the molecule is CCC(=O)Nc1ccc(N2C(=S)N[C@H](c3ccccn3)[C@H]2c2cccn2-c2cccc(OC)c2)cc1OC. The highest BCUT2D eigenvalue weighted by Gasteiger charge is 2.42. The third kappa shape index (κ3) is 4.80. The highest BCUT2D eigenvalue weighted by Crippen LogP contribution is 2.44. The Bertz CT molecular complexity index is 1460. The zero-order chi connectivity index (χ0) is 26.6. The highest BCUT2D eigenvalue weighted by atomic mass is 32.1. The minimum atomic E-state index is -0.237. The molecule has 38 heavy (non-hydrogen) atoms. The molecule has 0 unspecified atom stereocenters. The molecule has 0 spiro atoms. The molecule has 0 aliphatic carbocycles. The van der Waals surface area contributed by atoms with Crippen molar-refractivity contribution in [3.8, 4) is 17.2 Å². The van der Waals surface area contributed by atoms with Gasteiger partial charge in [0.2, 0.25) is 5.91 Å². The third-order valence-electron chi connectivity index (χ3n) is 6.57. The van der Waals surface area contributed by atoms with Gasteiger partial charge in [0.1, 0.15) is 17.5 Å². The number of ether oxygens (including phenoxy) is 2. The molecule has 5 rings (SSSR count). The van der Waals surface area contributed by atoms with Crippen molar-refractivity contribution in [2.24, 2.45) is 0 Å². The standard InChI is InChI=1S/C29H29N5O3S/c1-4-26(35)31-22-14-13-20(18-25(22)37-3)34-28(27(32-29(34)38)23-11-5-6-15-30-23)24-12-8-16-33(24)19-9-7-10-21(17-19)36-2/h5-18,27-28H,4H2,1-3H3,(H,31,35)(H,32,38)/t27-,28-/m1/s1. The molecule has 1 aliphatic rings. The van der Waals surface area contributed by atoms with E-state index < -0.39 is 0 Å². The van der Waals surface area contributed by atoms with Gasteiger partial charge < -0.3 is 29.6 Å². The fourth-order valence-electron chi connectivity index (χ4n) is 4.74. The van der Waals surface area contributed by atoms with Crippen molar-refractivity contribution in [3.63, 3.8) is 0 Å². The van der Waals surface area contributed by atoms with Gasteiger partial charge in [0.05, 0.1) is 31.6 Å². The predicted molar refractivity (Wildman–Crippen MR) is 152 cm³/mol. The van der Waals surface area contributed by atoms with Crippen LogP contribution < -0.4 is 25.0 Å². The second-order valence-electron chi connectivity index (χ2n) is 8.79. The van der Waals surface area contributed by atoms with Gasteiger partial charge in [0.15, 0.2) is 5.11 Å². The van der Waals surface area contributed by atoms with E-state index in [0.717, 1.165) is 28.5 Å². The summed E-state index contributed by atoms with van der Waals surface area (Å²) in [7, 11) is 3.25. The van der Waals surface area contributed by atoms with Crippen molar-refractivity contribution in [2.45, 2.75) is 25.4 Å². The zero-order valence-electron chi connectivity index (χ0n) is 21.4. The van der Waals surface area contributed by atoms with Crippen LogP contribution in [-0.4, -0.2) is 34.8 Å². The number of amides is 1. The van der Waals surface area contributed by atoms with E-state index in [2.05, 4.69) is 31.2 Å². The smallest absolute Gasteiger partial charge is 0.224 e. The van der Waals surface area contributed by atoms with Gasteiger partial charge in [0.25, 0.3) is 0 Å². The van der Waals surface area contributed by atoms with Crippen molar-refractivity contribution in [3.05, 3.63) is 96.6 Å². The Morgan fingerprint density at radius 1 is 1.03 bits per heavy atom. The Balaban J connectivity index is 1.63. The number of nitrogens with one attached hydrogen (secondary N) is 2. The molecule has 2 N–H and O–H groups in total. The Labute approximate surface area is 227 Å². The third-order valence-corrected chi connectivity index (χ3v) is 6.89. The molecular formula is C29H29N5O3S. The zero-order valence-corrected chi connectivity index (χ0v) is 22.2. The first-order chi connectivity index (χ1) is 18.5. The maximum atomic E-state index is 12.0. The van der Waals surface area contributed by atoms with E-state index in [9.17, 15) is 4.79 Å². The normalized spacial score (nSPS) is 16.7. The largest absolute Gasteiger partial charge is 0.497 e. The average molecular weight is 528 g/mol. The molecule has 2 aromatic carbocycles. The van der Waals surface area contributed by atoms with Gasteiger partial charge in [-0.1, -0.05) is 19.1 Å². The molecule has 0 bridgehead atoms. The van der Waals surface area contributed by atoms with E-state index in [-0.39, 0.29) is 18.0 Å². The van der Waals surface area contributed by atoms with E-state index in [1.807, 2.05) is 79.9 Å². The molecular weight excluding hydrogens is 498 g/mol. The van der Waals surface area contributed by atoms with E-state index in [1.54, 1.807) is 20.4 Å². The van der Waals surface area contributed by atoms with Crippen LogP contribution in [0.25, 0.3) is 5.69 Å². The minimum absolute atomic E-state index is 0.0846. The van der Waals surface area contributed by atoms with Crippen LogP contribution in [0.15, 0.2) is 85.2 Å². The lowest BCUT2D eigenvalue weighted by Gasteiger charge is -2.29. The summed E-state index contributed by atoms with van der Waals surface area (Å²) in [4.78, 5) is 18.8. The monoisotopic (exact) mass is 527 g/mol. The molecule has 1 saturated heterocycles. The minimum Gasteiger partial charge on any atom is -0.497 e. The van der Waals surface area contributed by atoms with Gasteiger partial charge in [-0.05, 0) is 60.7 Å². The molecule has 194 valence electrons. The molecule has 2 atom stereocenters. The summed E-state index contributed by atoms with van der Waals surface area (Å²) < 4.78 is 13.3. The lowest BCUT2D eigenvalue weighted by Crippen LogP contribution is -2.30. The molecule has 1 amide bonds. The fraction of sp³-hybridized carbons (Fsp3) is 0.207. The summed E-state index contributed by atoms with van der Waals surface area (Å²) in [5, 5.41) is 6.96. The number of hydrogen-bond donors (Lipinski definition) is 2. The number of hydrogen-bond acceptors (Lipinski definition) is 5. The molecule has 0 saturated carbocycles. The first kappa shape index (κ1) is 25.3. The number of pyridine rings is 1. The van der Waals surface area contributed by atoms with Crippen LogP contribution in [0.1, 0.15) is 36.8 Å². The number of methoxy groups -OCH3 is 2. The van der Waals surface area contributed by atoms with Crippen LogP contribution in [0.2, 0.25) is 0 Å². The Morgan fingerprint density at radius 3 is 2.63 bits per heavy atom. The quantitative estimate of drug-likeness (QED) is 0.296. The van der Waals surface area contributed by atoms with E-state index in [4.69, 9.17) is 21.7 Å². The second kappa shape index (κ2) is 10.9. The van der Waals surface area contributed by atoms with Crippen LogP contribution in [0.4, 0.5) is 11.4 Å². The molecule has 4 aromatic rings. The van der Waals surface area contributed by atoms with E-state index in [0.29, 0.717) is 23.0 Å². The molecule has 0 radical (unpaired) electrons. The van der Waals surface area contributed by atoms with Gasteiger partial charge >= 0.3 is 0 Å². The Kier molecular flexibility index (Phi) is 7.28. The summed E-state index contributed by atoms with van der Waals surface area (Å²) >= 11 is 5.90. The summed E-state index contributed by atoms with van der Waals surface area (Å²) in [5.74, 6) is 1.24. The summed E-state index contributed by atoms with van der Waals surface area (Å²) in [6.07, 6.45) is 4.19. The number of benzene rings is 2. The fourth-order valence-corrected chi connectivity index (χ4v) is 5.08. The van der Waals surface area contributed by atoms with Crippen LogP contribution in [-0.2, 0) is 4.79 Å². The molecule has 1 fully saturated rings. The number of carbonyl (C=O) groups excluding carboxylic acids is 1. The lowest BCUT2D eigenvalue weighted by atomic mass is 10.0. The van der Waals surface area contributed by atoms with Crippen molar-refractivity contribution in [2.75, 3.05) is 24.4 Å². The summed E-state index contributed by atoms with van der Waals surface area (Å²) in [5.41, 5.74) is 4.30. The maximum absolute atomic E-state index is 12.0. The average Bonchev–Trinajstić information content (AvgIpc) is 3.58. The van der Waals surface area contributed by atoms with Gasteiger partial charge in [0, 0.05) is 48.0 Å². The van der Waals surface area contributed by atoms with E-state index >= 15 is 0 Å². The Morgan fingerprint density at radius 2 is 1.89 bits per heavy atom. The van der Waals surface area contributed by atoms with E-state index in [1.165, 1.54) is 0 Å². The topological polar surface area (TPSA) is 80.7 Å². The van der Waals surface area contributed by atoms with Gasteiger partial charge in [-0.25, -0.2) is 0 Å². The molecule has 8 nitrogen and oxygen atoms in total. The first-order valence-corrected chi connectivity index (χ1v) is 12.7. The Hall–Kier alpha value is -4.37. The van der Waals surface area contributed by atoms with Crippen LogP contribution in [0, 0.1) is 0 Å². The molecule has 1 aliphatic heterocycles. The number of carbonyl (C=O) groups is 1. The van der Waals surface area contributed by atoms with Crippen LogP contribution >= 0.6 is 12.2 Å². The number of nitrogens with zero attached hydrogens (tertiary/aromatic N) is 3. The summed E-state index contributed by atoms with van der Waals surface area (Å²) in [6, 6.07) is 23.1. The number of thiocarbonyl (C=S) groups is 1. The first-order valence-electron chi connectivity index (χ1n) is 12.3.